The van der Waals surface area contributed by atoms with Crippen LogP contribution in [0.2, 0.25) is 0 Å². The first-order valence-corrected chi connectivity index (χ1v) is 6.00. The van der Waals surface area contributed by atoms with Crippen LogP contribution in [0.1, 0.15) is 51.9 Å². The molecule has 0 spiro atoms. The van der Waals surface area contributed by atoms with Gasteiger partial charge in [-0.2, -0.15) is 0 Å². The van der Waals surface area contributed by atoms with E-state index in [2.05, 4.69) is 6.92 Å². The second-order valence-electron chi connectivity index (χ2n) is 4.52. The fraction of sp³-hybridized carbons (Fsp3) is 0.917. The molecule has 1 unspecified atom stereocenters. The van der Waals surface area contributed by atoms with Crippen LogP contribution in [0.3, 0.4) is 0 Å². The summed E-state index contributed by atoms with van der Waals surface area (Å²) in [4.78, 5) is 11.8. The molecule has 0 bridgehead atoms. The van der Waals surface area contributed by atoms with Crippen LogP contribution in [0.15, 0.2) is 0 Å². The maximum absolute atomic E-state index is 11.8. The molecule has 82 valence electrons. The molecule has 14 heavy (non-hydrogen) atoms. The molecule has 1 aliphatic rings. The van der Waals surface area contributed by atoms with Crippen molar-refractivity contribution in [3.8, 4) is 0 Å². The van der Waals surface area contributed by atoms with E-state index in [1.807, 2.05) is 0 Å². The molecule has 2 nitrogen and oxygen atoms in total. The van der Waals surface area contributed by atoms with E-state index in [0.29, 0.717) is 18.2 Å². The summed E-state index contributed by atoms with van der Waals surface area (Å²) in [5.74, 6) is 1.19. The predicted molar refractivity (Wildman–Crippen MR) is 59.0 cm³/mol. The summed E-state index contributed by atoms with van der Waals surface area (Å²) in [5.41, 5.74) is 5.57. The van der Waals surface area contributed by atoms with Gasteiger partial charge < -0.3 is 5.73 Å². The number of carbonyl (C=O) groups is 1. The van der Waals surface area contributed by atoms with Gasteiger partial charge in [0.05, 0.1) is 0 Å². The van der Waals surface area contributed by atoms with E-state index in [1.54, 1.807) is 0 Å². The van der Waals surface area contributed by atoms with Gasteiger partial charge in [0.2, 0.25) is 0 Å². The lowest BCUT2D eigenvalue weighted by Gasteiger charge is -2.22. The zero-order valence-corrected chi connectivity index (χ0v) is 9.30. The topological polar surface area (TPSA) is 43.1 Å². The van der Waals surface area contributed by atoms with Gasteiger partial charge in [-0.05, 0) is 12.3 Å². The van der Waals surface area contributed by atoms with Crippen molar-refractivity contribution < 1.29 is 4.79 Å². The Hall–Kier alpha value is -0.370. The van der Waals surface area contributed by atoms with Gasteiger partial charge in [0.15, 0.2) is 0 Å². The first kappa shape index (κ1) is 11.7. The van der Waals surface area contributed by atoms with Crippen LogP contribution in [0.5, 0.6) is 0 Å². The third-order valence-electron chi connectivity index (χ3n) is 3.45. The summed E-state index contributed by atoms with van der Waals surface area (Å²) < 4.78 is 0. The molecule has 1 saturated carbocycles. The maximum atomic E-state index is 11.8. The summed E-state index contributed by atoms with van der Waals surface area (Å²) in [6.45, 7) is 2.58. The lowest BCUT2D eigenvalue weighted by molar-refractivity contribution is -0.123. The molecule has 0 amide bonds. The summed E-state index contributed by atoms with van der Waals surface area (Å²) in [6.07, 6.45) is 8.20. The molecule has 0 heterocycles. The second kappa shape index (κ2) is 6.18. The van der Waals surface area contributed by atoms with E-state index in [9.17, 15) is 4.79 Å². The second-order valence-corrected chi connectivity index (χ2v) is 4.52. The van der Waals surface area contributed by atoms with Crippen LogP contribution in [-0.4, -0.2) is 12.3 Å². The van der Waals surface area contributed by atoms with Crippen LogP contribution < -0.4 is 5.73 Å². The Bertz CT molecular complexity index is 169. The molecule has 1 atom stereocenters. The van der Waals surface area contributed by atoms with E-state index < -0.39 is 0 Å². The van der Waals surface area contributed by atoms with E-state index in [-0.39, 0.29) is 5.92 Å². The molecule has 0 aliphatic heterocycles. The first-order chi connectivity index (χ1) is 6.77. The highest BCUT2D eigenvalue weighted by Crippen LogP contribution is 2.27. The quantitative estimate of drug-likeness (QED) is 0.736. The minimum Gasteiger partial charge on any atom is -0.330 e. The Morgan fingerprint density at radius 2 is 2.00 bits per heavy atom. The number of carbonyl (C=O) groups excluding carboxylic acids is 1. The minimum atomic E-state index is 0.122. The summed E-state index contributed by atoms with van der Waals surface area (Å²) >= 11 is 0. The predicted octanol–water partition coefficient (Wildman–Crippen LogP) is 2.51. The Kier molecular flexibility index (Phi) is 5.16. The van der Waals surface area contributed by atoms with Crippen molar-refractivity contribution in [3.63, 3.8) is 0 Å². The Balaban J connectivity index is 2.30. The zero-order chi connectivity index (χ0) is 10.4. The molecular weight excluding hydrogens is 174 g/mol. The molecule has 0 aromatic rings. The van der Waals surface area contributed by atoms with Gasteiger partial charge in [-0.1, -0.05) is 39.0 Å². The van der Waals surface area contributed by atoms with E-state index >= 15 is 0 Å². The van der Waals surface area contributed by atoms with Crippen molar-refractivity contribution in [1.82, 2.24) is 0 Å². The minimum absolute atomic E-state index is 0.122. The molecule has 0 radical (unpaired) electrons. The van der Waals surface area contributed by atoms with Crippen molar-refractivity contribution in [2.75, 3.05) is 6.54 Å². The fourth-order valence-corrected chi connectivity index (χ4v) is 2.37. The average Bonchev–Trinajstić information content (AvgIpc) is 2.21. The Morgan fingerprint density at radius 3 is 2.50 bits per heavy atom. The van der Waals surface area contributed by atoms with Crippen molar-refractivity contribution in [2.24, 2.45) is 17.6 Å². The third-order valence-corrected chi connectivity index (χ3v) is 3.45. The smallest absolute Gasteiger partial charge is 0.137 e. The van der Waals surface area contributed by atoms with E-state index in [1.165, 1.54) is 32.1 Å². The van der Waals surface area contributed by atoms with Crippen LogP contribution >= 0.6 is 0 Å². The fourth-order valence-electron chi connectivity index (χ4n) is 2.37. The molecule has 2 N–H and O–H groups in total. The standard InChI is InChI=1S/C12H23NO/c1-2-11(9-13)12(14)8-10-6-4-3-5-7-10/h10-11H,2-9,13H2,1H3. The van der Waals surface area contributed by atoms with Crippen LogP contribution in [0, 0.1) is 11.8 Å². The highest BCUT2D eigenvalue weighted by atomic mass is 16.1. The molecule has 0 aromatic carbocycles. The van der Waals surface area contributed by atoms with Gasteiger partial charge in [-0.3, -0.25) is 4.79 Å². The number of rotatable bonds is 5. The zero-order valence-electron chi connectivity index (χ0n) is 9.30. The molecule has 1 fully saturated rings. The number of Topliss-reactive ketones (excluding diaryl/α,β-unsaturated/α-hetero) is 1. The van der Waals surface area contributed by atoms with Crippen molar-refractivity contribution >= 4 is 5.78 Å². The number of hydrogen-bond donors (Lipinski definition) is 1. The lowest BCUT2D eigenvalue weighted by Crippen LogP contribution is -2.25. The maximum Gasteiger partial charge on any atom is 0.137 e. The van der Waals surface area contributed by atoms with Crippen molar-refractivity contribution in [1.29, 1.82) is 0 Å². The summed E-state index contributed by atoms with van der Waals surface area (Å²) in [6, 6.07) is 0. The molecule has 2 heteroatoms. The van der Waals surface area contributed by atoms with Gasteiger partial charge in [0.1, 0.15) is 5.78 Å². The lowest BCUT2D eigenvalue weighted by atomic mass is 9.83. The van der Waals surface area contributed by atoms with Gasteiger partial charge in [-0.25, -0.2) is 0 Å². The molecule has 0 aromatic heterocycles. The first-order valence-electron chi connectivity index (χ1n) is 6.00. The number of ketones is 1. The number of nitrogens with two attached hydrogens (primary N) is 1. The van der Waals surface area contributed by atoms with Gasteiger partial charge in [0.25, 0.3) is 0 Å². The van der Waals surface area contributed by atoms with Crippen molar-refractivity contribution in [2.45, 2.75) is 51.9 Å². The average molecular weight is 197 g/mol. The molecule has 1 aliphatic carbocycles. The largest absolute Gasteiger partial charge is 0.330 e. The van der Waals surface area contributed by atoms with Crippen LogP contribution in [-0.2, 0) is 4.79 Å². The highest BCUT2D eigenvalue weighted by Gasteiger charge is 2.21. The van der Waals surface area contributed by atoms with Gasteiger partial charge in [-0.15, -0.1) is 0 Å². The summed E-state index contributed by atoms with van der Waals surface area (Å²) in [7, 11) is 0. The monoisotopic (exact) mass is 197 g/mol. The third kappa shape index (κ3) is 3.41. The van der Waals surface area contributed by atoms with Crippen LogP contribution in [0.4, 0.5) is 0 Å². The Morgan fingerprint density at radius 1 is 1.36 bits per heavy atom. The van der Waals surface area contributed by atoms with Gasteiger partial charge >= 0.3 is 0 Å². The number of hydrogen-bond acceptors (Lipinski definition) is 2. The van der Waals surface area contributed by atoms with Crippen LogP contribution in [0.25, 0.3) is 0 Å². The van der Waals surface area contributed by atoms with Gasteiger partial charge in [0, 0.05) is 18.9 Å². The highest BCUT2D eigenvalue weighted by molar-refractivity contribution is 5.81. The van der Waals surface area contributed by atoms with Crippen molar-refractivity contribution in [3.05, 3.63) is 0 Å². The normalized spacial score (nSPS) is 20.7. The Labute approximate surface area is 87.2 Å². The molecule has 1 rings (SSSR count). The SMILES string of the molecule is CCC(CN)C(=O)CC1CCCCC1. The molecule has 0 saturated heterocycles. The molecular formula is C12H23NO. The van der Waals surface area contributed by atoms with E-state index in [0.717, 1.165) is 12.8 Å². The van der Waals surface area contributed by atoms with E-state index in [4.69, 9.17) is 5.73 Å². The summed E-state index contributed by atoms with van der Waals surface area (Å²) in [5, 5.41) is 0.